The van der Waals surface area contributed by atoms with Crippen LogP contribution in [0.2, 0.25) is 0 Å². The minimum atomic E-state index is -0.653. The summed E-state index contributed by atoms with van der Waals surface area (Å²) in [4.78, 5) is 0. The van der Waals surface area contributed by atoms with Crippen LogP contribution < -0.4 is 4.74 Å². The number of hydrogen-bond donors (Lipinski definition) is 0. The molecule has 0 aliphatic heterocycles. The third-order valence-corrected chi connectivity index (χ3v) is 5.64. The predicted octanol–water partition coefficient (Wildman–Crippen LogP) is 5.89. The standard InChI is InChI=1S/C27H22N2O/c1-30-26-24-19-11-12-20-25(24)29(28-26)27(21-13-5-2-6-14-21,22-15-7-3-8-16-22)23-17-9-4-10-18-23/h2-20H,1H3. The van der Waals surface area contributed by atoms with E-state index in [1.54, 1.807) is 7.11 Å². The van der Waals surface area contributed by atoms with Crippen molar-refractivity contribution >= 4 is 10.9 Å². The molecule has 0 N–H and O–H groups in total. The molecule has 4 aromatic carbocycles. The summed E-state index contributed by atoms with van der Waals surface area (Å²) in [7, 11) is 1.67. The van der Waals surface area contributed by atoms with Gasteiger partial charge < -0.3 is 4.74 Å². The van der Waals surface area contributed by atoms with Gasteiger partial charge >= 0.3 is 0 Å². The zero-order chi connectivity index (χ0) is 20.4. The first-order chi connectivity index (χ1) is 14.9. The molecule has 1 heterocycles. The minimum Gasteiger partial charge on any atom is -0.479 e. The first kappa shape index (κ1) is 18.2. The van der Waals surface area contributed by atoms with Crippen LogP contribution in [-0.4, -0.2) is 16.9 Å². The molecule has 5 aromatic rings. The molecule has 0 fully saturated rings. The van der Waals surface area contributed by atoms with Crippen LogP contribution in [0, 0.1) is 0 Å². The van der Waals surface area contributed by atoms with Crippen LogP contribution in [0.15, 0.2) is 115 Å². The lowest BCUT2D eigenvalue weighted by Crippen LogP contribution is -2.38. The molecule has 0 aliphatic rings. The summed E-state index contributed by atoms with van der Waals surface area (Å²) < 4.78 is 7.79. The van der Waals surface area contributed by atoms with Gasteiger partial charge in [-0.25, -0.2) is 4.68 Å². The Labute approximate surface area is 176 Å². The van der Waals surface area contributed by atoms with Crippen molar-refractivity contribution in [2.24, 2.45) is 0 Å². The topological polar surface area (TPSA) is 27.1 Å². The Balaban J connectivity index is 1.98. The number of methoxy groups -OCH3 is 1. The van der Waals surface area contributed by atoms with Gasteiger partial charge in [0.05, 0.1) is 18.0 Å². The van der Waals surface area contributed by atoms with Crippen LogP contribution in [0.5, 0.6) is 5.88 Å². The van der Waals surface area contributed by atoms with Crippen molar-refractivity contribution in [2.45, 2.75) is 5.54 Å². The highest BCUT2D eigenvalue weighted by atomic mass is 16.5. The molecular formula is C27H22N2O. The second kappa shape index (κ2) is 7.53. The molecule has 5 rings (SSSR count). The number of benzene rings is 4. The summed E-state index contributed by atoms with van der Waals surface area (Å²) in [5.74, 6) is 0.623. The molecule has 0 aliphatic carbocycles. The summed E-state index contributed by atoms with van der Waals surface area (Å²) >= 11 is 0. The number of para-hydroxylation sites is 1. The van der Waals surface area contributed by atoms with E-state index < -0.39 is 5.54 Å². The lowest BCUT2D eigenvalue weighted by atomic mass is 9.77. The Morgan fingerprint density at radius 2 is 1.03 bits per heavy atom. The van der Waals surface area contributed by atoms with Crippen molar-refractivity contribution in [1.29, 1.82) is 0 Å². The summed E-state index contributed by atoms with van der Waals surface area (Å²) in [5.41, 5.74) is 3.78. The lowest BCUT2D eigenvalue weighted by molar-refractivity contribution is 0.378. The molecule has 0 atom stereocenters. The van der Waals surface area contributed by atoms with Gasteiger partial charge in [-0.1, -0.05) is 103 Å². The fraction of sp³-hybridized carbons (Fsp3) is 0.0741. The molecule has 0 amide bonds. The highest BCUT2D eigenvalue weighted by molar-refractivity contribution is 5.85. The summed E-state index contributed by atoms with van der Waals surface area (Å²) in [6, 6.07) is 39.9. The molecule has 0 bridgehead atoms. The maximum Gasteiger partial charge on any atom is 0.240 e. The van der Waals surface area contributed by atoms with E-state index in [1.165, 1.54) is 0 Å². The Bertz CT molecular complexity index is 1170. The van der Waals surface area contributed by atoms with E-state index in [1.807, 2.05) is 30.3 Å². The van der Waals surface area contributed by atoms with E-state index in [0.717, 1.165) is 27.6 Å². The van der Waals surface area contributed by atoms with E-state index in [0.29, 0.717) is 5.88 Å². The van der Waals surface area contributed by atoms with Gasteiger partial charge in [0.25, 0.3) is 0 Å². The molecule has 30 heavy (non-hydrogen) atoms. The SMILES string of the molecule is COc1nn(C(c2ccccc2)(c2ccccc2)c2ccccc2)c2ccccc12. The van der Waals surface area contributed by atoms with Gasteiger partial charge in [0.2, 0.25) is 5.88 Å². The molecule has 1 aromatic heterocycles. The predicted molar refractivity (Wildman–Crippen MR) is 121 cm³/mol. The Hall–Kier alpha value is -3.85. The Morgan fingerprint density at radius 3 is 1.50 bits per heavy atom. The first-order valence-corrected chi connectivity index (χ1v) is 10.0. The Kier molecular flexibility index (Phi) is 4.56. The van der Waals surface area contributed by atoms with Gasteiger partial charge in [0.1, 0.15) is 5.54 Å². The van der Waals surface area contributed by atoms with Gasteiger partial charge in [0.15, 0.2) is 0 Å². The second-order valence-electron chi connectivity index (χ2n) is 7.25. The molecule has 0 spiro atoms. The summed E-state index contributed by atoms with van der Waals surface area (Å²) in [5, 5.41) is 6.00. The third-order valence-electron chi connectivity index (χ3n) is 5.64. The van der Waals surface area contributed by atoms with Crippen molar-refractivity contribution < 1.29 is 4.74 Å². The quantitative estimate of drug-likeness (QED) is 0.350. The van der Waals surface area contributed by atoms with Crippen molar-refractivity contribution in [3.8, 4) is 5.88 Å². The van der Waals surface area contributed by atoms with Gasteiger partial charge in [0, 0.05) is 0 Å². The van der Waals surface area contributed by atoms with E-state index in [4.69, 9.17) is 9.84 Å². The van der Waals surface area contributed by atoms with Crippen LogP contribution in [0.1, 0.15) is 16.7 Å². The average molecular weight is 390 g/mol. The number of fused-ring (bicyclic) bond motifs is 1. The number of hydrogen-bond acceptors (Lipinski definition) is 2. The average Bonchev–Trinajstić information content (AvgIpc) is 3.21. The lowest BCUT2D eigenvalue weighted by Gasteiger charge is -2.36. The van der Waals surface area contributed by atoms with Crippen molar-refractivity contribution in [1.82, 2.24) is 9.78 Å². The number of ether oxygens (including phenoxy) is 1. The van der Waals surface area contributed by atoms with E-state index in [2.05, 4.69) is 89.6 Å². The van der Waals surface area contributed by atoms with E-state index >= 15 is 0 Å². The normalized spacial score (nSPS) is 11.5. The van der Waals surface area contributed by atoms with Gasteiger partial charge in [-0.3, -0.25) is 0 Å². The number of nitrogens with zero attached hydrogens (tertiary/aromatic N) is 2. The monoisotopic (exact) mass is 390 g/mol. The van der Waals surface area contributed by atoms with Crippen LogP contribution in [0.4, 0.5) is 0 Å². The first-order valence-electron chi connectivity index (χ1n) is 10.0. The maximum absolute atomic E-state index is 5.68. The Morgan fingerprint density at radius 1 is 0.600 bits per heavy atom. The molecule has 0 saturated carbocycles. The number of aromatic nitrogens is 2. The molecule has 0 unspecified atom stereocenters. The fourth-order valence-corrected chi connectivity index (χ4v) is 4.35. The van der Waals surface area contributed by atoms with Gasteiger partial charge in [-0.2, -0.15) is 0 Å². The second-order valence-corrected chi connectivity index (χ2v) is 7.25. The molecule has 146 valence electrons. The van der Waals surface area contributed by atoms with Crippen molar-refractivity contribution in [3.63, 3.8) is 0 Å². The van der Waals surface area contributed by atoms with Crippen LogP contribution >= 0.6 is 0 Å². The van der Waals surface area contributed by atoms with Crippen LogP contribution in [0.25, 0.3) is 10.9 Å². The molecular weight excluding hydrogens is 368 g/mol. The minimum absolute atomic E-state index is 0.623. The van der Waals surface area contributed by atoms with Gasteiger partial charge in [-0.05, 0) is 28.8 Å². The zero-order valence-corrected chi connectivity index (χ0v) is 16.8. The van der Waals surface area contributed by atoms with Crippen molar-refractivity contribution in [2.75, 3.05) is 7.11 Å². The smallest absolute Gasteiger partial charge is 0.240 e. The van der Waals surface area contributed by atoms with Crippen LogP contribution in [-0.2, 0) is 5.54 Å². The highest BCUT2D eigenvalue weighted by Gasteiger charge is 2.40. The highest BCUT2D eigenvalue weighted by Crippen LogP contribution is 2.43. The molecule has 3 heteroatoms. The third kappa shape index (κ3) is 2.71. The van der Waals surface area contributed by atoms with Crippen molar-refractivity contribution in [3.05, 3.63) is 132 Å². The van der Waals surface area contributed by atoms with Crippen LogP contribution in [0.3, 0.4) is 0 Å². The maximum atomic E-state index is 5.68. The molecule has 0 saturated heterocycles. The zero-order valence-electron chi connectivity index (χ0n) is 16.8. The van der Waals surface area contributed by atoms with E-state index in [9.17, 15) is 0 Å². The fourth-order valence-electron chi connectivity index (χ4n) is 4.35. The molecule has 0 radical (unpaired) electrons. The van der Waals surface area contributed by atoms with E-state index in [-0.39, 0.29) is 0 Å². The van der Waals surface area contributed by atoms with Gasteiger partial charge in [-0.15, -0.1) is 5.10 Å². The summed E-state index contributed by atoms with van der Waals surface area (Å²) in [6.07, 6.45) is 0. The summed E-state index contributed by atoms with van der Waals surface area (Å²) in [6.45, 7) is 0. The largest absolute Gasteiger partial charge is 0.479 e. The number of rotatable bonds is 5. The molecule has 3 nitrogen and oxygen atoms in total.